The summed E-state index contributed by atoms with van der Waals surface area (Å²) >= 11 is 0. The van der Waals surface area contributed by atoms with Crippen molar-refractivity contribution in [2.75, 3.05) is 5.73 Å². The average Bonchev–Trinajstić information content (AvgIpc) is 2.57. The standard InChI is InChI=1S/C13H15FN4O/c1-6-7(2)17-18(8(6)3)12-4-9(13(16)19)11(15)5-10(12)14/h4-5H,15H2,1-3H3,(H2,16,19). The minimum Gasteiger partial charge on any atom is -0.398 e. The number of aromatic nitrogens is 2. The van der Waals surface area contributed by atoms with Crippen LogP contribution < -0.4 is 11.5 Å². The number of halogens is 1. The van der Waals surface area contributed by atoms with E-state index in [9.17, 15) is 9.18 Å². The monoisotopic (exact) mass is 262 g/mol. The molecule has 6 heteroatoms. The first-order valence-corrected chi connectivity index (χ1v) is 5.75. The van der Waals surface area contributed by atoms with Gasteiger partial charge in [-0.2, -0.15) is 5.10 Å². The van der Waals surface area contributed by atoms with E-state index in [2.05, 4.69) is 5.10 Å². The third kappa shape index (κ3) is 2.05. The molecule has 1 heterocycles. The summed E-state index contributed by atoms with van der Waals surface area (Å²) in [5.41, 5.74) is 13.6. The Kier molecular flexibility index (Phi) is 3.01. The van der Waals surface area contributed by atoms with Gasteiger partial charge in [-0.05, 0) is 38.5 Å². The van der Waals surface area contributed by atoms with Gasteiger partial charge in [-0.3, -0.25) is 4.79 Å². The summed E-state index contributed by atoms with van der Waals surface area (Å²) in [6.07, 6.45) is 0. The molecule has 0 saturated carbocycles. The molecule has 0 fully saturated rings. The summed E-state index contributed by atoms with van der Waals surface area (Å²) in [6.45, 7) is 5.57. The second kappa shape index (κ2) is 4.38. The molecule has 0 radical (unpaired) electrons. The number of nitrogens with two attached hydrogens (primary N) is 2. The van der Waals surface area contributed by atoms with Crippen molar-refractivity contribution in [3.05, 3.63) is 40.5 Å². The highest BCUT2D eigenvalue weighted by molar-refractivity contribution is 5.98. The van der Waals surface area contributed by atoms with Crippen molar-refractivity contribution in [1.82, 2.24) is 9.78 Å². The van der Waals surface area contributed by atoms with Crippen molar-refractivity contribution < 1.29 is 9.18 Å². The Balaban J connectivity index is 2.71. The molecule has 0 spiro atoms. The zero-order chi connectivity index (χ0) is 14.3. The van der Waals surface area contributed by atoms with Gasteiger partial charge in [0.15, 0.2) is 5.82 Å². The second-order valence-electron chi connectivity index (χ2n) is 4.46. The lowest BCUT2D eigenvalue weighted by atomic mass is 10.1. The molecule has 1 aromatic carbocycles. The van der Waals surface area contributed by atoms with Crippen LogP contribution in [0.15, 0.2) is 12.1 Å². The minimum absolute atomic E-state index is 0.0204. The smallest absolute Gasteiger partial charge is 0.250 e. The summed E-state index contributed by atoms with van der Waals surface area (Å²) in [5.74, 6) is -1.25. The molecule has 2 aromatic rings. The molecule has 0 unspecified atom stereocenters. The Morgan fingerprint density at radius 2 is 1.95 bits per heavy atom. The number of carbonyl (C=O) groups is 1. The van der Waals surface area contributed by atoms with Crippen LogP contribution in [0.1, 0.15) is 27.3 Å². The van der Waals surface area contributed by atoms with E-state index >= 15 is 0 Å². The molecule has 0 atom stereocenters. The van der Waals surface area contributed by atoms with E-state index in [0.29, 0.717) is 0 Å². The normalized spacial score (nSPS) is 10.7. The number of hydrogen-bond acceptors (Lipinski definition) is 3. The third-order valence-corrected chi connectivity index (χ3v) is 3.27. The van der Waals surface area contributed by atoms with E-state index in [1.807, 2.05) is 20.8 Å². The number of nitrogens with zero attached hydrogens (tertiary/aromatic N) is 2. The number of benzene rings is 1. The van der Waals surface area contributed by atoms with E-state index < -0.39 is 11.7 Å². The van der Waals surface area contributed by atoms with Crippen molar-refractivity contribution in [3.8, 4) is 5.69 Å². The first kappa shape index (κ1) is 13.1. The molecule has 0 aliphatic heterocycles. The third-order valence-electron chi connectivity index (χ3n) is 3.27. The van der Waals surface area contributed by atoms with E-state index in [1.54, 1.807) is 0 Å². The maximum atomic E-state index is 14.0. The number of rotatable bonds is 2. The molecule has 100 valence electrons. The Bertz CT molecular complexity index is 676. The van der Waals surface area contributed by atoms with Gasteiger partial charge >= 0.3 is 0 Å². The Hall–Kier alpha value is -2.37. The predicted octanol–water partition coefficient (Wildman–Crippen LogP) is 1.62. The molecular formula is C13H15FN4O. The van der Waals surface area contributed by atoms with Crippen LogP contribution >= 0.6 is 0 Å². The molecule has 4 N–H and O–H groups in total. The molecule has 0 aliphatic rings. The maximum Gasteiger partial charge on any atom is 0.250 e. The van der Waals surface area contributed by atoms with E-state index in [0.717, 1.165) is 23.0 Å². The quantitative estimate of drug-likeness (QED) is 0.806. The zero-order valence-electron chi connectivity index (χ0n) is 11.0. The van der Waals surface area contributed by atoms with Crippen LogP contribution in [0, 0.1) is 26.6 Å². The lowest BCUT2D eigenvalue weighted by Crippen LogP contribution is -2.15. The van der Waals surface area contributed by atoms with Gasteiger partial charge in [0.25, 0.3) is 5.91 Å². The maximum absolute atomic E-state index is 14.0. The second-order valence-corrected chi connectivity index (χ2v) is 4.46. The highest BCUT2D eigenvalue weighted by atomic mass is 19.1. The van der Waals surface area contributed by atoms with Crippen LogP contribution in [-0.2, 0) is 0 Å². The molecule has 19 heavy (non-hydrogen) atoms. The van der Waals surface area contributed by atoms with E-state index in [4.69, 9.17) is 11.5 Å². The summed E-state index contributed by atoms with van der Waals surface area (Å²) in [6, 6.07) is 2.41. The van der Waals surface area contributed by atoms with Gasteiger partial charge in [0.1, 0.15) is 5.69 Å². The van der Waals surface area contributed by atoms with Crippen LogP contribution in [-0.4, -0.2) is 15.7 Å². The molecule has 5 nitrogen and oxygen atoms in total. The van der Waals surface area contributed by atoms with Crippen molar-refractivity contribution in [3.63, 3.8) is 0 Å². The van der Waals surface area contributed by atoms with Crippen LogP contribution in [0.25, 0.3) is 5.69 Å². The number of hydrogen-bond donors (Lipinski definition) is 2. The minimum atomic E-state index is -0.697. The number of amides is 1. The number of nitrogen functional groups attached to an aromatic ring is 1. The average molecular weight is 262 g/mol. The first-order valence-electron chi connectivity index (χ1n) is 5.75. The largest absolute Gasteiger partial charge is 0.398 e. The highest BCUT2D eigenvalue weighted by Crippen LogP contribution is 2.23. The molecular weight excluding hydrogens is 247 g/mol. The Morgan fingerprint density at radius 1 is 1.32 bits per heavy atom. The van der Waals surface area contributed by atoms with Gasteiger partial charge in [0.2, 0.25) is 0 Å². The van der Waals surface area contributed by atoms with Crippen molar-refractivity contribution in [2.24, 2.45) is 5.73 Å². The van der Waals surface area contributed by atoms with Gasteiger partial charge in [-0.15, -0.1) is 0 Å². The van der Waals surface area contributed by atoms with Crippen molar-refractivity contribution >= 4 is 11.6 Å². The zero-order valence-corrected chi connectivity index (χ0v) is 11.0. The van der Waals surface area contributed by atoms with Gasteiger partial charge in [-0.1, -0.05) is 0 Å². The molecule has 0 aliphatic carbocycles. The molecule has 0 bridgehead atoms. The molecule has 0 saturated heterocycles. The molecule has 1 aromatic heterocycles. The van der Waals surface area contributed by atoms with E-state index in [1.165, 1.54) is 10.7 Å². The van der Waals surface area contributed by atoms with Gasteiger partial charge < -0.3 is 11.5 Å². The van der Waals surface area contributed by atoms with Crippen LogP contribution in [0.4, 0.5) is 10.1 Å². The summed E-state index contributed by atoms with van der Waals surface area (Å²) in [4.78, 5) is 11.3. The molecule has 1 amide bonds. The SMILES string of the molecule is Cc1nn(-c2cc(C(N)=O)c(N)cc2F)c(C)c1C. The number of anilines is 1. The summed E-state index contributed by atoms with van der Waals surface area (Å²) in [7, 11) is 0. The fourth-order valence-electron chi connectivity index (χ4n) is 1.91. The lowest BCUT2D eigenvalue weighted by Gasteiger charge is -2.09. The lowest BCUT2D eigenvalue weighted by molar-refractivity contribution is 0.100. The Labute approximate surface area is 110 Å². The van der Waals surface area contributed by atoms with E-state index in [-0.39, 0.29) is 16.9 Å². The van der Waals surface area contributed by atoms with Crippen LogP contribution in [0.5, 0.6) is 0 Å². The van der Waals surface area contributed by atoms with Crippen LogP contribution in [0.2, 0.25) is 0 Å². The number of carbonyl (C=O) groups excluding carboxylic acids is 1. The van der Waals surface area contributed by atoms with Gasteiger partial charge in [0, 0.05) is 11.4 Å². The number of aryl methyl sites for hydroxylation is 1. The highest BCUT2D eigenvalue weighted by Gasteiger charge is 2.16. The van der Waals surface area contributed by atoms with Gasteiger partial charge in [0.05, 0.1) is 11.3 Å². The first-order chi connectivity index (χ1) is 8.82. The van der Waals surface area contributed by atoms with Crippen molar-refractivity contribution in [2.45, 2.75) is 20.8 Å². The summed E-state index contributed by atoms with van der Waals surface area (Å²) in [5, 5.41) is 4.25. The predicted molar refractivity (Wildman–Crippen MR) is 70.7 cm³/mol. The van der Waals surface area contributed by atoms with Crippen molar-refractivity contribution in [1.29, 1.82) is 0 Å². The van der Waals surface area contributed by atoms with Crippen LogP contribution in [0.3, 0.4) is 0 Å². The fourth-order valence-corrected chi connectivity index (χ4v) is 1.91. The summed E-state index contributed by atoms with van der Waals surface area (Å²) < 4.78 is 15.5. The molecule has 2 rings (SSSR count). The topological polar surface area (TPSA) is 86.9 Å². The van der Waals surface area contributed by atoms with Gasteiger partial charge in [-0.25, -0.2) is 9.07 Å². The fraction of sp³-hybridized carbons (Fsp3) is 0.231. The number of primary amides is 1. The Morgan fingerprint density at radius 3 is 2.42 bits per heavy atom.